The maximum atomic E-state index is 12.5. The van der Waals surface area contributed by atoms with E-state index in [1.54, 1.807) is 6.20 Å². The highest BCUT2D eigenvalue weighted by atomic mass is 16.1. The molecule has 2 aromatic rings. The molecule has 0 spiro atoms. The predicted octanol–water partition coefficient (Wildman–Crippen LogP) is 4.37. The number of amides is 1. The number of rotatable bonds is 4. The summed E-state index contributed by atoms with van der Waals surface area (Å²) in [7, 11) is 0. The van der Waals surface area contributed by atoms with E-state index in [1.807, 2.05) is 12.3 Å². The van der Waals surface area contributed by atoms with Crippen LogP contribution in [0.2, 0.25) is 0 Å². The molecular weight excluding hydrogens is 284 g/mol. The summed E-state index contributed by atoms with van der Waals surface area (Å²) >= 11 is 0. The first-order valence-electron chi connectivity index (χ1n) is 8.46. The van der Waals surface area contributed by atoms with Gasteiger partial charge in [0.2, 0.25) is 0 Å². The van der Waals surface area contributed by atoms with Gasteiger partial charge in [-0.1, -0.05) is 42.7 Å². The van der Waals surface area contributed by atoms with E-state index in [0.29, 0.717) is 11.5 Å². The number of hydrogen-bond acceptors (Lipinski definition) is 2. The number of aryl methyl sites for hydroxylation is 1. The molecule has 1 aromatic heterocycles. The van der Waals surface area contributed by atoms with Gasteiger partial charge in [-0.3, -0.25) is 9.78 Å². The SMILES string of the molecule is Cc1ccc(-c2cncc(C(=O)NC(C)C3CCCC3)c2)cc1. The first-order chi connectivity index (χ1) is 11.1. The number of pyridine rings is 1. The van der Waals surface area contributed by atoms with Crippen LogP contribution in [0, 0.1) is 12.8 Å². The number of carbonyl (C=O) groups is 1. The van der Waals surface area contributed by atoms with Gasteiger partial charge in [-0.05, 0) is 44.2 Å². The first-order valence-corrected chi connectivity index (χ1v) is 8.46. The lowest BCUT2D eigenvalue weighted by Crippen LogP contribution is -2.37. The van der Waals surface area contributed by atoms with Crippen molar-refractivity contribution in [1.29, 1.82) is 0 Å². The molecule has 3 heteroatoms. The quantitative estimate of drug-likeness (QED) is 0.911. The highest BCUT2D eigenvalue weighted by Gasteiger charge is 2.23. The smallest absolute Gasteiger partial charge is 0.253 e. The van der Waals surface area contributed by atoms with Gasteiger partial charge < -0.3 is 5.32 Å². The summed E-state index contributed by atoms with van der Waals surface area (Å²) in [5, 5.41) is 3.15. The van der Waals surface area contributed by atoms with Crippen LogP contribution in [0.5, 0.6) is 0 Å². The van der Waals surface area contributed by atoms with Crippen molar-refractivity contribution in [2.75, 3.05) is 0 Å². The third-order valence-corrected chi connectivity index (χ3v) is 4.85. The highest BCUT2D eigenvalue weighted by molar-refractivity contribution is 5.95. The Labute approximate surface area is 138 Å². The summed E-state index contributed by atoms with van der Waals surface area (Å²) in [5.74, 6) is 0.595. The molecule has 3 nitrogen and oxygen atoms in total. The molecule has 1 N–H and O–H groups in total. The van der Waals surface area contributed by atoms with E-state index in [2.05, 4.69) is 48.4 Å². The Balaban J connectivity index is 1.73. The molecule has 0 saturated heterocycles. The average Bonchev–Trinajstić information content (AvgIpc) is 3.10. The van der Waals surface area contributed by atoms with Gasteiger partial charge >= 0.3 is 0 Å². The van der Waals surface area contributed by atoms with Crippen molar-refractivity contribution in [3.8, 4) is 11.1 Å². The number of aromatic nitrogens is 1. The second kappa shape index (κ2) is 6.95. The van der Waals surface area contributed by atoms with Crippen LogP contribution in [0.15, 0.2) is 42.7 Å². The van der Waals surface area contributed by atoms with Gasteiger partial charge in [0.25, 0.3) is 5.91 Å². The van der Waals surface area contributed by atoms with Crippen molar-refractivity contribution in [1.82, 2.24) is 10.3 Å². The third kappa shape index (κ3) is 3.79. The molecule has 0 radical (unpaired) electrons. The fourth-order valence-electron chi connectivity index (χ4n) is 3.33. The largest absolute Gasteiger partial charge is 0.349 e. The van der Waals surface area contributed by atoms with Gasteiger partial charge in [-0.25, -0.2) is 0 Å². The predicted molar refractivity (Wildman–Crippen MR) is 93.3 cm³/mol. The van der Waals surface area contributed by atoms with Gasteiger partial charge in [-0.2, -0.15) is 0 Å². The minimum absolute atomic E-state index is 0.0224. The molecule has 120 valence electrons. The standard InChI is InChI=1S/C20H24N2O/c1-14-7-9-17(10-8-14)18-11-19(13-21-12-18)20(23)22-15(2)16-5-3-4-6-16/h7-13,15-16H,3-6H2,1-2H3,(H,22,23). The lowest BCUT2D eigenvalue weighted by Gasteiger charge is -2.20. The van der Waals surface area contributed by atoms with Crippen molar-refractivity contribution < 1.29 is 4.79 Å². The number of hydrogen-bond donors (Lipinski definition) is 1. The molecule has 1 heterocycles. The monoisotopic (exact) mass is 308 g/mol. The van der Waals surface area contributed by atoms with Crippen LogP contribution in [0.1, 0.15) is 48.5 Å². The van der Waals surface area contributed by atoms with Crippen LogP contribution in [0.3, 0.4) is 0 Å². The molecule has 3 rings (SSSR count). The second-order valence-electron chi connectivity index (χ2n) is 6.63. The van der Waals surface area contributed by atoms with Gasteiger partial charge in [0, 0.05) is 24.0 Å². The van der Waals surface area contributed by atoms with Gasteiger partial charge in [0.1, 0.15) is 0 Å². The zero-order chi connectivity index (χ0) is 16.2. The van der Waals surface area contributed by atoms with Crippen LogP contribution < -0.4 is 5.32 Å². The lowest BCUT2D eigenvalue weighted by atomic mass is 9.99. The summed E-state index contributed by atoms with van der Waals surface area (Å²) in [4.78, 5) is 16.7. The molecule has 0 bridgehead atoms. The molecule has 1 unspecified atom stereocenters. The van der Waals surface area contributed by atoms with Crippen LogP contribution >= 0.6 is 0 Å². The topological polar surface area (TPSA) is 42.0 Å². The Morgan fingerprint density at radius 2 is 1.83 bits per heavy atom. The molecule has 1 atom stereocenters. The fraction of sp³-hybridized carbons (Fsp3) is 0.400. The van der Waals surface area contributed by atoms with E-state index in [9.17, 15) is 4.79 Å². The molecule has 1 fully saturated rings. The highest BCUT2D eigenvalue weighted by Crippen LogP contribution is 2.27. The van der Waals surface area contributed by atoms with Gasteiger partial charge in [-0.15, -0.1) is 0 Å². The minimum atomic E-state index is -0.0224. The van der Waals surface area contributed by atoms with E-state index >= 15 is 0 Å². The molecule has 23 heavy (non-hydrogen) atoms. The maximum Gasteiger partial charge on any atom is 0.253 e. The number of benzene rings is 1. The minimum Gasteiger partial charge on any atom is -0.349 e. The fourth-order valence-corrected chi connectivity index (χ4v) is 3.33. The molecule has 1 saturated carbocycles. The Hall–Kier alpha value is -2.16. The normalized spacial score (nSPS) is 16.3. The van der Waals surface area contributed by atoms with E-state index < -0.39 is 0 Å². The van der Waals surface area contributed by atoms with Crippen LogP contribution in [0.25, 0.3) is 11.1 Å². The molecular formula is C20H24N2O. The van der Waals surface area contributed by atoms with Crippen LogP contribution in [-0.2, 0) is 0 Å². The van der Waals surface area contributed by atoms with Gasteiger partial charge in [0.15, 0.2) is 0 Å². The van der Waals surface area contributed by atoms with Crippen LogP contribution in [-0.4, -0.2) is 16.9 Å². The van der Waals surface area contributed by atoms with E-state index in [4.69, 9.17) is 0 Å². The van der Waals surface area contributed by atoms with Crippen molar-refractivity contribution in [2.24, 2.45) is 5.92 Å². The number of nitrogens with one attached hydrogen (secondary N) is 1. The first kappa shape index (κ1) is 15.7. The third-order valence-electron chi connectivity index (χ3n) is 4.85. The lowest BCUT2D eigenvalue weighted by molar-refractivity contribution is 0.0927. The molecule has 1 aliphatic carbocycles. The van der Waals surface area contributed by atoms with E-state index in [1.165, 1.54) is 31.2 Å². The zero-order valence-corrected chi connectivity index (χ0v) is 13.9. The van der Waals surface area contributed by atoms with Crippen LogP contribution in [0.4, 0.5) is 0 Å². The van der Waals surface area contributed by atoms with Gasteiger partial charge in [0.05, 0.1) is 5.56 Å². The van der Waals surface area contributed by atoms with Crippen molar-refractivity contribution in [3.63, 3.8) is 0 Å². The summed E-state index contributed by atoms with van der Waals surface area (Å²) in [6.45, 7) is 4.18. The Kier molecular flexibility index (Phi) is 4.75. The maximum absolute atomic E-state index is 12.5. The van der Waals surface area contributed by atoms with Crippen molar-refractivity contribution >= 4 is 5.91 Å². The Morgan fingerprint density at radius 1 is 1.13 bits per heavy atom. The summed E-state index contributed by atoms with van der Waals surface area (Å²) in [6.07, 6.45) is 8.48. The molecule has 0 aliphatic heterocycles. The van der Waals surface area contributed by atoms with Crippen molar-refractivity contribution in [2.45, 2.75) is 45.6 Å². The Morgan fingerprint density at radius 3 is 2.52 bits per heavy atom. The summed E-state index contributed by atoms with van der Waals surface area (Å²) < 4.78 is 0. The molecule has 1 aromatic carbocycles. The molecule has 1 amide bonds. The zero-order valence-electron chi connectivity index (χ0n) is 13.9. The summed E-state index contributed by atoms with van der Waals surface area (Å²) in [6, 6.07) is 10.4. The Bertz CT molecular complexity index is 672. The average molecular weight is 308 g/mol. The molecule has 1 aliphatic rings. The second-order valence-corrected chi connectivity index (χ2v) is 6.63. The van der Waals surface area contributed by atoms with E-state index in [-0.39, 0.29) is 11.9 Å². The van der Waals surface area contributed by atoms with E-state index in [0.717, 1.165) is 11.1 Å². The number of carbonyl (C=O) groups excluding carboxylic acids is 1. The van der Waals surface area contributed by atoms with Crippen molar-refractivity contribution in [3.05, 3.63) is 53.9 Å². The number of nitrogens with zero attached hydrogens (tertiary/aromatic N) is 1. The summed E-state index contributed by atoms with van der Waals surface area (Å²) in [5.41, 5.74) is 3.92.